The average molecular weight is 344 g/mol. The van der Waals surface area contributed by atoms with Crippen molar-refractivity contribution in [1.82, 2.24) is 0 Å². The number of aromatic hydroxyl groups is 2. The number of phenolic OH excluding ortho intramolecular Hbond substituents is 2. The molecule has 0 saturated carbocycles. The number of rotatable bonds is 7. The molecule has 0 radical (unpaired) electrons. The molecule has 0 bridgehead atoms. The lowest BCUT2D eigenvalue weighted by Gasteiger charge is -2.23. The first-order chi connectivity index (χ1) is 11.8. The molecule has 25 heavy (non-hydrogen) atoms. The molecule has 1 aromatic carbocycles. The van der Waals surface area contributed by atoms with Crippen molar-refractivity contribution >= 4 is 5.78 Å². The standard InChI is InChI=1S/C21H28O4/c1-5-6-7-8-14-9-17(23)20(18(24)10-14)19-15(12(2)3)11-16(13(4)22)21(19)25/h9-10,15,19,23-25H,2,5-8,11H2,1,3-4H3/t15-,19+/m0/s1. The zero-order valence-corrected chi connectivity index (χ0v) is 15.3. The molecule has 0 aromatic heterocycles. The Morgan fingerprint density at radius 1 is 1.16 bits per heavy atom. The van der Waals surface area contributed by atoms with Crippen LogP contribution in [0.4, 0.5) is 0 Å². The summed E-state index contributed by atoms with van der Waals surface area (Å²) < 4.78 is 0. The van der Waals surface area contributed by atoms with Crippen molar-refractivity contribution in [2.45, 2.75) is 58.8 Å². The number of unbranched alkanes of at least 4 members (excludes halogenated alkanes) is 2. The first-order valence-electron chi connectivity index (χ1n) is 8.91. The molecule has 0 unspecified atom stereocenters. The summed E-state index contributed by atoms with van der Waals surface area (Å²) in [4.78, 5) is 11.8. The third kappa shape index (κ3) is 3.89. The van der Waals surface area contributed by atoms with Crippen molar-refractivity contribution in [3.8, 4) is 11.5 Å². The van der Waals surface area contributed by atoms with Gasteiger partial charge in [0.05, 0.1) is 5.92 Å². The Morgan fingerprint density at radius 2 is 1.76 bits per heavy atom. The van der Waals surface area contributed by atoms with Crippen LogP contribution in [-0.2, 0) is 11.2 Å². The average Bonchev–Trinajstić information content (AvgIpc) is 2.85. The van der Waals surface area contributed by atoms with Crippen LogP contribution in [0.15, 0.2) is 35.6 Å². The SMILES string of the molecule is C=C(C)[C@@H]1CC(C(C)=O)=C(O)[C@H]1c1c(O)cc(CCCCC)cc1O. The topological polar surface area (TPSA) is 77.8 Å². The molecule has 4 heteroatoms. The quantitative estimate of drug-likeness (QED) is 0.485. The van der Waals surface area contributed by atoms with Crippen molar-refractivity contribution in [2.24, 2.45) is 5.92 Å². The summed E-state index contributed by atoms with van der Waals surface area (Å²) in [6.45, 7) is 9.33. The van der Waals surface area contributed by atoms with Crippen LogP contribution in [-0.4, -0.2) is 21.1 Å². The fourth-order valence-electron chi connectivity index (χ4n) is 3.66. The van der Waals surface area contributed by atoms with Gasteiger partial charge in [-0.2, -0.15) is 0 Å². The molecule has 4 nitrogen and oxygen atoms in total. The van der Waals surface area contributed by atoms with E-state index in [4.69, 9.17) is 0 Å². The molecular weight excluding hydrogens is 316 g/mol. The number of phenols is 2. The van der Waals surface area contributed by atoms with Crippen molar-refractivity contribution in [3.05, 3.63) is 46.7 Å². The third-order valence-electron chi connectivity index (χ3n) is 5.06. The van der Waals surface area contributed by atoms with E-state index < -0.39 is 5.92 Å². The van der Waals surface area contributed by atoms with Crippen molar-refractivity contribution in [3.63, 3.8) is 0 Å². The Balaban J connectivity index is 2.44. The normalized spacial score (nSPS) is 20.1. The maximum Gasteiger partial charge on any atom is 0.159 e. The predicted molar refractivity (Wildman–Crippen MR) is 99.0 cm³/mol. The number of carbonyl (C=O) groups excluding carboxylic acids is 1. The molecule has 1 aliphatic carbocycles. The van der Waals surface area contributed by atoms with E-state index in [1.54, 1.807) is 12.1 Å². The van der Waals surface area contributed by atoms with Gasteiger partial charge in [0.25, 0.3) is 0 Å². The second-order valence-electron chi connectivity index (χ2n) is 7.06. The molecule has 136 valence electrons. The molecule has 1 aliphatic rings. The highest BCUT2D eigenvalue weighted by Crippen LogP contribution is 2.51. The molecule has 0 aliphatic heterocycles. The summed E-state index contributed by atoms with van der Waals surface area (Å²) >= 11 is 0. The predicted octanol–water partition coefficient (Wildman–Crippen LogP) is 4.91. The molecule has 2 rings (SSSR count). The van der Waals surface area contributed by atoms with Gasteiger partial charge in [-0.05, 0) is 56.7 Å². The summed E-state index contributed by atoms with van der Waals surface area (Å²) in [6.07, 6.45) is 4.34. The van der Waals surface area contributed by atoms with Crippen LogP contribution in [0.2, 0.25) is 0 Å². The van der Waals surface area contributed by atoms with Crippen LogP contribution in [0.3, 0.4) is 0 Å². The van der Waals surface area contributed by atoms with Crippen LogP contribution >= 0.6 is 0 Å². The van der Waals surface area contributed by atoms with E-state index in [0.717, 1.165) is 36.8 Å². The van der Waals surface area contributed by atoms with E-state index in [1.807, 2.05) is 6.92 Å². The molecule has 3 N–H and O–H groups in total. The second kappa shape index (κ2) is 7.77. The maximum atomic E-state index is 11.8. The van der Waals surface area contributed by atoms with Gasteiger partial charge < -0.3 is 15.3 Å². The summed E-state index contributed by atoms with van der Waals surface area (Å²) in [5.74, 6) is -1.20. The van der Waals surface area contributed by atoms with E-state index in [2.05, 4.69) is 13.5 Å². The number of hydrogen-bond donors (Lipinski definition) is 3. The zero-order chi connectivity index (χ0) is 18.7. The minimum Gasteiger partial charge on any atom is -0.511 e. The van der Waals surface area contributed by atoms with Crippen molar-refractivity contribution < 1.29 is 20.1 Å². The maximum absolute atomic E-state index is 11.8. The van der Waals surface area contributed by atoms with Gasteiger partial charge in [-0.25, -0.2) is 0 Å². The van der Waals surface area contributed by atoms with Crippen molar-refractivity contribution in [1.29, 1.82) is 0 Å². The van der Waals surface area contributed by atoms with Gasteiger partial charge in [-0.3, -0.25) is 4.79 Å². The Morgan fingerprint density at radius 3 is 2.24 bits per heavy atom. The van der Waals surface area contributed by atoms with Crippen LogP contribution in [0.5, 0.6) is 11.5 Å². The molecule has 0 fully saturated rings. The van der Waals surface area contributed by atoms with Gasteiger partial charge in [-0.15, -0.1) is 0 Å². The Kier molecular flexibility index (Phi) is 5.93. The van der Waals surface area contributed by atoms with Crippen LogP contribution in [0.1, 0.15) is 63.5 Å². The highest BCUT2D eigenvalue weighted by Gasteiger charge is 2.40. The summed E-state index contributed by atoms with van der Waals surface area (Å²) in [5.41, 5.74) is 2.30. The summed E-state index contributed by atoms with van der Waals surface area (Å²) in [5, 5.41) is 31.6. The fraction of sp³-hybridized carbons (Fsp3) is 0.476. The van der Waals surface area contributed by atoms with Gasteiger partial charge in [0.15, 0.2) is 5.78 Å². The largest absolute Gasteiger partial charge is 0.511 e. The zero-order valence-electron chi connectivity index (χ0n) is 15.3. The van der Waals surface area contributed by atoms with Crippen LogP contribution in [0, 0.1) is 5.92 Å². The third-order valence-corrected chi connectivity index (χ3v) is 5.06. The van der Waals surface area contributed by atoms with E-state index in [0.29, 0.717) is 12.0 Å². The van der Waals surface area contributed by atoms with E-state index in [1.165, 1.54) is 6.92 Å². The number of aliphatic hydroxyl groups excluding tert-OH is 1. The molecule has 0 heterocycles. The van der Waals surface area contributed by atoms with Gasteiger partial charge in [0.1, 0.15) is 17.3 Å². The molecule has 2 atom stereocenters. The number of carbonyl (C=O) groups is 1. The summed E-state index contributed by atoms with van der Waals surface area (Å²) in [6, 6.07) is 3.30. The Bertz CT molecular complexity index is 692. The molecular formula is C21H28O4. The molecule has 0 amide bonds. The number of hydrogen-bond acceptors (Lipinski definition) is 4. The summed E-state index contributed by atoms with van der Waals surface area (Å²) in [7, 11) is 0. The molecule has 1 aromatic rings. The Hall–Kier alpha value is -2.23. The molecule has 0 spiro atoms. The van der Waals surface area contributed by atoms with E-state index in [9.17, 15) is 20.1 Å². The van der Waals surface area contributed by atoms with Crippen LogP contribution in [0.25, 0.3) is 0 Å². The van der Waals surface area contributed by atoms with Gasteiger partial charge >= 0.3 is 0 Å². The monoisotopic (exact) mass is 344 g/mol. The first kappa shape index (κ1) is 19.1. The number of allylic oxidation sites excluding steroid dienone is 3. The number of benzene rings is 1. The van der Waals surface area contributed by atoms with Gasteiger partial charge in [-0.1, -0.05) is 31.9 Å². The Labute approximate surface area is 149 Å². The number of ketones is 1. The highest BCUT2D eigenvalue weighted by molar-refractivity contribution is 5.94. The number of Topliss-reactive ketones (excluding diaryl/α,β-unsaturated/α-hetero) is 1. The smallest absolute Gasteiger partial charge is 0.159 e. The molecule has 0 saturated heterocycles. The number of aryl methyl sites for hydroxylation is 1. The van der Waals surface area contributed by atoms with Gasteiger partial charge in [0.2, 0.25) is 0 Å². The first-order valence-corrected chi connectivity index (χ1v) is 8.91. The van der Waals surface area contributed by atoms with Gasteiger partial charge in [0, 0.05) is 11.1 Å². The minimum atomic E-state index is -0.638. The lowest BCUT2D eigenvalue weighted by Crippen LogP contribution is -2.11. The minimum absolute atomic E-state index is 0.0425. The van der Waals surface area contributed by atoms with E-state index >= 15 is 0 Å². The lowest BCUT2D eigenvalue weighted by atomic mass is 9.82. The highest BCUT2D eigenvalue weighted by atomic mass is 16.3. The number of aliphatic hydroxyl groups is 1. The fourth-order valence-corrected chi connectivity index (χ4v) is 3.66. The van der Waals surface area contributed by atoms with E-state index in [-0.39, 0.29) is 34.5 Å². The van der Waals surface area contributed by atoms with Crippen molar-refractivity contribution in [2.75, 3.05) is 0 Å². The second-order valence-corrected chi connectivity index (χ2v) is 7.06. The van der Waals surface area contributed by atoms with Crippen LogP contribution < -0.4 is 0 Å². The lowest BCUT2D eigenvalue weighted by molar-refractivity contribution is -0.113.